The van der Waals surface area contributed by atoms with Gasteiger partial charge in [0.25, 0.3) is 0 Å². The molecule has 0 unspecified atom stereocenters. The number of rotatable bonds is 4. The molecule has 0 spiro atoms. The summed E-state index contributed by atoms with van der Waals surface area (Å²) >= 11 is 5.93. The molecule has 96 valence electrons. The van der Waals surface area contributed by atoms with Gasteiger partial charge in [-0.2, -0.15) is 4.39 Å². The molecule has 2 N–H and O–H groups in total. The zero-order valence-corrected chi connectivity index (χ0v) is 11.2. The van der Waals surface area contributed by atoms with Crippen LogP contribution in [0.25, 0.3) is 0 Å². The number of benzene rings is 1. The van der Waals surface area contributed by atoms with E-state index in [-0.39, 0.29) is 16.5 Å². The van der Waals surface area contributed by atoms with E-state index in [2.05, 4.69) is 0 Å². The van der Waals surface area contributed by atoms with Crippen LogP contribution in [-0.2, 0) is 6.42 Å². The van der Waals surface area contributed by atoms with E-state index in [1.165, 1.54) is 14.2 Å². The van der Waals surface area contributed by atoms with Crippen LogP contribution in [0, 0.1) is 5.82 Å². The van der Waals surface area contributed by atoms with Crippen molar-refractivity contribution in [2.45, 2.75) is 25.8 Å². The molecule has 0 aliphatic heterocycles. The minimum Gasteiger partial charge on any atom is -0.493 e. The van der Waals surface area contributed by atoms with E-state index in [0.29, 0.717) is 12.0 Å². The molecule has 0 heterocycles. The minimum absolute atomic E-state index is 0.0119. The van der Waals surface area contributed by atoms with Gasteiger partial charge in [0.05, 0.1) is 19.2 Å². The molecule has 1 aromatic carbocycles. The molecule has 17 heavy (non-hydrogen) atoms. The van der Waals surface area contributed by atoms with Gasteiger partial charge in [-0.1, -0.05) is 11.6 Å². The average molecular weight is 262 g/mol. The van der Waals surface area contributed by atoms with Crippen molar-refractivity contribution in [3.05, 3.63) is 22.5 Å². The first kappa shape index (κ1) is 14.1. The van der Waals surface area contributed by atoms with Crippen molar-refractivity contribution < 1.29 is 13.9 Å². The highest BCUT2D eigenvalue weighted by Gasteiger charge is 2.22. The Hall–Kier alpha value is -1.00. The Morgan fingerprint density at radius 2 is 1.82 bits per heavy atom. The largest absolute Gasteiger partial charge is 0.493 e. The fraction of sp³-hybridized carbons (Fsp3) is 0.500. The third-order valence-corrected chi connectivity index (χ3v) is 2.54. The third kappa shape index (κ3) is 3.23. The maximum absolute atomic E-state index is 14.0. The normalized spacial score (nSPS) is 11.5. The van der Waals surface area contributed by atoms with Crippen LogP contribution in [-0.4, -0.2) is 19.8 Å². The van der Waals surface area contributed by atoms with E-state index >= 15 is 0 Å². The molecular weight excluding hydrogens is 245 g/mol. The van der Waals surface area contributed by atoms with Gasteiger partial charge in [-0.15, -0.1) is 0 Å². The van der Waals surface area contributed by atoms with Crippen LogP contribution in [0.3, 0.4) is 0 Å². The second-order valence-electron chi connectivity index (χ2n) is 4.56. The van der Waals surface area contributed by atoms with Crippen molar-refractivity contribution >= 4 is 11.6 Å². The molecule has 1 aromatic rings. The van der Waals surface area contributed by atoms with Crippen LogP contribution in [0.1, 0.15) is 19.4 Å². The van der Waals surface area contributed by atoms with Gasteiger partial charge in [-0.25, -0.2) is 0 Å². The van der Waals surface area contributed by atoms with Crippen LogP contribution in [0.4, 0.5) is 4.39 Å². The van der Waals surface area contributed by atoms with Crippen molar-refractivity contribution in [2.75, 3.05) is 14.2 Å². The summed E-state index contributed by atoms with van der Waals surface area (Å²) in [6.45, 7) is 3.70. The van der Waals surface area contributed by atoms with E-state index in [1.807, 2.05) is 13.8 Å². The summed E-state index contributed by atoms with van der Waals surface area (Å²) in [6, 6.07) is 1.62. The Morgan fingerprint density at radius 3 is 2.24 bits per heavy atom. The molecule has 0 bridgehead atoms. The van der Waals surface area contributed by atoms with Gasteiger partial charge in [-0.05, 0) is 26.3 Å². The van der Waals surface area contributed by atoms with E-state index < -0.39 is 11.4 Å². The predicted molar refractivity (Wildman–Crippen MR) is 66.5 cm³/mol. The summed E-state index contributed by atoms with van der Waals surface area (Å²) in [6.07, 6.45) is 0.455. The summed E-state index contributed by atoms with van der Waals surface area (Å²) in [5.74, 6) is -0.478. The van der Waals surface area contributed by atoms with Crippen LogP contribution in [0.5, 0.6) is 11.5 Å². The number of halogens is 2. The molecule has 3 nitrogen and oxygen atoms in total. The Balaban J connectivity index is 3.32. The van der Waals surface area contributed by atoms with Gasteiger partial charge in [0.1, 0.15) is 0 Å². The molecule has 0 aromatic heterocycles. The van der Waals surface area contributed by atoms with Gasteiger partial charge in [0, 0.05) is 11.1 Å². The van der Waals surface area contributed by atoms with E-state index in [9.17, 15) is 4.39 Å². The fourth-order valence-corrected chi connectivity index (χ4v) is 1.95. The first-order valence-electron chi connectivity index (χ1n) is 5.18. The number of ether oxygens (including phenoxy) is 2. The summed E-state index contributed by atoms with van der Waals surface area (Å²) < 4.78 is 23.9. The lowest BCUT2D eigenvalue weighted by Crippen LogP contribution is -2.34. The van der Waals surface area contributed by atoms with Crippen molar-refractivity contribution in [2.24, 2.45) is 5.73 Å². The Labute approximate surface area is 106 Å². The van der Waals surface area contributed by atoms with Crippen LogP contribution in [0.2, 0.25) is 5.02 Å². The Kier molecular flexibility index (Phi) is 4.22. The first-order valence-corrected chi connectivity index (χ1v) is 5.55. The number of hydrogen-bond acceptors (Lipinski definition) is 3. The van der Waals surface area contributed by atoms with Crippen molar-refractivity contribution in [1.29, 1.82) is 0 Å². The van der Waals surface area contributed by atoms with E-state index in [0.717, 1.165) is 0 Å². The van der Waals surface area contributed by atoms with Gasteiger partial charge in [0.15, 0.2) is 11.5 Å². The molecule has 1 rings (SSSR count). The minimum atomic E-state index is -0.596. The lowest BCUT2D eigenvalue weighted by molar-refractivity contribution is 0.344. The summed E-state index contributed by atoms with van der Waals surface area (Å²) in [5.41, 5.74) is 6.06. The number of hydrogen-bond donors (Lipinski definition) is 1. The highest BCUT2D eigenvalue weighted by Crippen LogP contribution is 2.37. The number of nitrogens with two attached hydrogens (primary N) is 1. The highest BCUT2D eigenvalue weighted by atomic mass is 35.5. The third-order valence-electron chi connectivity index (χ3n) is 2.26. The second-order valence-corrected chi connectivity index (χ2v) is 4.97. The van der Waals surface area contributed by atoms with Crippen LogP contribution < -0.4 is 15.2 Å². The standard InChI is InChI=1S/C12H17ClFNO2/c1-12(2,15)6-7-5-8(13)11(17-4)9(14)10(7)16-3/h5H,6,15H2,1-4H3. The van der Waals surface area contributed by atoms with Gasteiger partial charge >= 0.3 is 0 Å². The SMILES string of the molecule is COc1c(Cl)cc(CC(C)(C)N)c(OC)c1F. The first-order chi connectivity index (χ1) is 7.80. The topological polar surface area (TPSA) is 44.5 Å². The van der Waals surface area contributed by atoms with Crippen molar-refractivity contribution in [3.8, 4) is 11.5 Å². The lowest BCUT2D eigenvalue weighted by Gasteiger charge is -2.21. The van der Waals surface area contributed by atoms with Gasteiger partial charge in [0.2, 0.25) is 5.82 Å². The Bertz CT molecular complexity index is 416. The van der Waals surface area contributed by atoms with Crippen molar-refractivity contribution in [1.82, 2.24) is 0 Å². The van der Waals surface area contributed by atoms with Gasteiger partial charge in [-0.3, -0.25) is 0 Å². The maximum atomic E-state index is 14.0. The van der Waals surface area contributed by atoms with Crippen LogP contribution in [0.15, 0.2) is 6.07 Å². The lowest BCUT2D eigenvalue weighted by atomic mass is 9.95. The van der Waals surface area contributed by atoms with Crippen molar-refractivity contribution in [3.63, 3.8) is 0 Å². The molecule has 0 amide bonds. The molecule has 0 radical (unpaired) electrons. The molecule has 0 atom stereocenters. The average Bonchev–Trinajstić information content (AvgIpc) is 2.15. The zero-order valence-electron chi connectivity index (χ0n) is 10.4. The van der Waals surface area contributed by atoms with E-state index in [4.69, 9.17) is 26.8 Å². The molecule has 0 aliphatic rings. The smallest absolute Gasteiger partial charge is 0.208 e. The monoisotopic (exact) mass is 261 g/mol. The molecule has 5 heteroatoms. The summed E-state index contributed by atoms with van der Waals surface area (Å²) in [4.78, 5) is 0. The van der Waals surface area contributed by atoms with E-state index in [1.54, 1.807) is 6.07 Å². The molecular formula is C12H17ClFNO2. The summed E-state index contributed by atoms with van der Waals surface area (Å²) in [5, 5.41) is 0.213. The summed E-state index contributed by atoms with van der Waals surface area (Å²) in [7, 11) is 2.76. The maximum Gasteiger partial charge on any atom is 0.208 e. The molecule has 0 fully saturated rings. The fourth-order valence-electron chi connectivity index (χ4n) is 1.66. The van der Waals surface area contributed by atoms with Crippen LogP contribution >= 0.6 is 11.6 Å². The highest BCUT2D eigenvalue weighted by molar-refractivity contribution is 6.32. The molecule has 0 saturated carbocycles. The van der Waals surface area contributed by atoms with Gasteiger partial charge < -0.3 is 15.2 Å². The molecule has 0 aliphatic carbocycles. The number of methoxy groups -OCH3 is 2. The second kappa shape index (κ2) is 5.10. The quantitative estimate of drug-likeness (QED) is 0.906. The zero-order chi connectivity index (χ0) is 13.2. The molecule has 0 saturated heterocycles. The predicted octanol–water partition coefficient (Wildman–Crippen LogP) is 2.78. The Morgan fingerprint density at radius 1 is 1.29 bits per heavy atom.